The molecule has 0 saturated carbocycles. The standard InChI is InChI=1S/C13H15N3O2S3/c1-3-18-10-7-5-4-6-9(10)14-11(17)8-20-13-15-12(19-2)16-21-13/h4-7H,3,8H2,1-2H3,(H,14,17). The molecule has 0 unspecified atom stereocenters. The van der Waals surface area contributed by atoms with Crippen molar-refractivity contribution < 1.29 is 9.53 Å². The average molecular weight is 341 g/mol. The minimum absolute atomic E-state index is 0.0898. The first-order valence-corrected chi connectivity index (χ1v) is 9.23. The lowest BCUT2D eigenvalue weighted by atomic mass is 10.3. The van der Waals surface area contributed by atoms with Crippen LogP contribution in [0.3, 0.4) is 0 Å². The minimum atomic E-state index is -0.0898. The van der Waals surface area contributed by atoms with Gasteiger partial charge in [-0.25, -0.2) is 4.98 Å². The second kappa shape index (κ2) is 8.26. The van der Waals surface area contributed by atoms with Crippen LogP contribution in [0.1, 0.15) is 6.92 Å². The Labute approximate surface area is 136 Å². The molecule has 0 aliphatic rings. The number of nitrogens with zero attached hydrogens (tertiary/aromatic N) is 2. The fourth-order valence-electron chi connectivity index (χ4n) is 1.50. The summed E-state index contributed by atoms with van der Waals surface area (Å²) in [6.45, 7) is 2.47. The van der Waals surface area contributed by atoms with Crippen molar-refractivity contribution in [1.82, 2.24) is 9.36 Å². The molecule has 0 fully saturated rings. The van der Waals surface area contributed by atoms with E-state index in [-0.39, 0.29) is 5.91 Å². The van der Waals surface area contributed by atoms with E-state index in [9.17, 15) is 4.79 Å². The maximum atomic E-state index is 12.0. The van der Waals surface area contributed by atoms with E-state index >= 15 is 0 Å². The van der Waals surface area contributed by atoms with Crippen LogP contribution in [-0.2, 0) is 4.79 Å². The van der Waals surface area contributed by atoms with Crippen molar-refractivity contribution in [1.29, 1.82) is 0 Å². The number of carbonyl (C=O) groups is 1. The third-order valence-corrected chi connectivity index (χ3v) is 4.86. The number of hydrogen-bond donors (Lipinski definition) is 1. The van der Waals surface area contributed by atoms with Crippen LogP contribution in [0.5, 0.6) is 5.75 Å². The highest BCUT2D eigenvalue weighted by Crippen LogP contribution is 2.26. The highest BCUT2D eigenvalue weighted by Gasteiger charge is 2.10. The van der Waals surface area contributed by atoms with E-state index in [1.54, 1.807) is 0 Å². The Morgan fingerprint density at radius 3 is 2.95 bits per heavy atom. The van der Waals surface area contributed by atoms with Gasteiger partial charge in [0, 0.05) is 0 Å². The average Bonchev–Trinajstić information content (AvgIpc) is 2.95. The van der Waals surface area contributed by atoms with E-state index in [1.165, 1.54) is 35.1 Å². The molecule has 0 spiro atoms. The molecular formula is C13H15N3O2S3. The first-order valence-electron chi connectivity index (χ1n) is 6.25. The maximum Gasteiger partial charge on any atom is 0.234 e. The number of aromatic nitrogens is 2. The van der Waals surface area contributed by atoms with Gasteiger partial charge in [0.05, 0.1) is 18.0 Å². The Bertz CT molecular complexity index is 604. The van der Waals surface area contributed by atoms with Gasteiger partial charge in [0.15, 0.2) is 4.34 Å². The van der Waals surface area contributed by atoms with Gasteiger partial charge >= 0.3 is 0 Å². The van der Waals surface area contributed by atoms with Gasteiger partial charge in [0.2, 0.25) is 11.1 Å². The van der Waals surface area contributed by atoms with Crippen LogP contribution in [0.15, 0.2) is 33.8 Å². The fraction of sp³-hybridized carbons (Fsp3) is 0.308. The van der Waals surface area contributed by atoms with Crippen molar-refractivity contribution in [3.63, 3.8) is 0 Å². The monoisotopic (exact) mass is 341 g/mol. The summed E-state index contributed by atoms with van der Waals surface area (Å²) in [5.74, 6) is 0.885. The summed E-state index contributed by atoms with van der Waals surface area (Å²) in [7, 11) is 0. The summed E-state index contributed by atoms with van der Waals surface area (Å²) in [5, 5.41) is 3.59. The van der Waals surface area contributed by atoms with E-state index in [0.29, 0.717) is 23.8 Å². The maximum absolute atomic E-state index is 12.0. The van der Waals surface area contributed by atoms with Gasteiger partial charge in [0.1, 0.15) is 5.75 Å². The third-order valence-electron chi connectivity index (χ3n) is 2.36. The van der Waals surface area contributed by atoms with Crippen LogP contribution in [0.25, 0.3) is 0 Å². The lowest BCUT2D eigenvalue weighted by Gasteiger charge is -2.10. The number of hydrogen-bond acceptors (Lipinski definition) is 7. The molecule has 1 heterocycles. The van der Waals surface area contributed by atoms with Crippen LogP contribution in [0.4, 0.5) is 5.69 Å². The molecule has 5 nitrogen and oxygen atoms in total. The fourth-order valence-corrected chi connectivity index (χ4v) is 3.51. The van der Waals surface area contributed by atoms with Crippen LogP contribution >= 0.6 is 35.1 Å². The number of benzene rings is 1. The first kappa shape index (κ1) is 16.1. The molecule has 2 rings (SSSR count). The van der Waals surface area contributed by atoms with Gasteiger partial charge < -0.3 is 10.1 Å². The van der Waals surface area contributed by atoms with E-state index in [4.69, 9.17) is 4.74 Å². The molecule has 0 aliphatic carbocycles. The van der Waals surface area contributed by atoms with Gasteiger partial charge in [-0.2, -0.15) is 4.37 Å². The molecule has 0 radical (unpaired) electrons. The molecule has 0 saturated heterocycles. The molecule has 1 aromatic heterocycles. The second-order valence-electron chi connectivity index (χ2n) is 3.81. The van der Waals surface area contributed by atoms with Crippen LogP contribution in [0, 0.1) is 0 Å². The zero-order valence-corrected chi connectivity index (χ0v) is 14.1. The van der Waals surface area contributed by atoms with Crippen molar-refractivity contribution in [2.24, 2.45) is 0 Å². The van der Waals surface area contributed by atoms with E-state index in [0.717, 1.165) is 9.50 Å². The number of carbonyl (C=O) groups excluding carboxylic acids is 1. The topological polar surface area (TPSA) is 64.1 Å². The molecule has 21 heavy (non-hydrogen) atoms. The molecule has 0 aliphatic heterocycles. The molecule has 8 heteroatoms. The summed E-state index contributed by atoms with van der Waals surface area (Å²) in [4.78, 5) is 16.3. The first-order chi connectivity index (χ1) is 10.2. The van der Waals surface area contributed by atoms with Crippen molar-refractivity contribution in [3.05, 3.63) is 24.3 Å². The number of ether oxygens (including phenoxy) is 1. The number of amides is 1. The Balaban J connectivity index is 1.89. The van der Waals surface area contributed by atoms with Gasteiger partial charge in [-0.05, 0) is 36.8 Å². The normalized spacial score (nSPS) is 10.4. The zero-order chi connectivity index (χ0) is 15.1. The smallest absolute Gasteiger partial charge is 0.234 e. The van der Waals surface area contributed by atoms with Crippen LogP contribution in [-0.4, -0.2) is 33.9 Å². The molecule has 0 atom stereocenters. The van der Waals surface area contributed by atoms with Gasteiger partial charge in [0.25, 0.3) is 0 Å². The molecular weight excluding hydrogens is 326 g/mol. The molecule has 112 valence electrons. The number of rotatable bonds is 7. The Morgan fingerprint density at radius 2 is 2.24 bits per heavy atom. The van der Waals surface area contributed by atoms with Crippen LogP contribution < -0.4 is 10.1 Å². The zero-order valence-electron chi connectivity index (χ0n) is 11.7. The second-order valence-corrected chi connectivity index (χ2v) is 6.56. The number of para-hydroxylation sites is 2. The Kier molecular flexibility index (Phi) is 6.34. The number of anilines is 1. The Hall–Kier alpha value is -1.25. The van der Waals surface area contributed by atoms with Gasteiger partial charge in [-0.3, -0.25) is 4.79 Å². The highest BCUT2D eigenvalue weighted by molar-refractivity contribution is 8.01. The third kappa shape index (κ3) is 4.90. The lowest BCUT2D eigenvalue weighted by molar-refractivity contribution is -0.113. The number of thioether (sulfide) groups is 2. The quantitative estimate of drug-likeness (QED) is 0.779. The summed E-state index contributed by atoms with van der Waals surface area (Å²) >= 11 is 4.18. The summed E-state index contributed by atoms with van der Waals surface area (Å²) in [6.07, 6.45) is 1.92. The van der Waals surface area contributed by atoms with E-state index in [2.05, 4.69) is 14.7 Å². The van der Waals surface area contributed by atoms with Gasteiger partial charge in [-0.1, -0.05) is 35.7 Å². The summed E-state index contributed by atoms with van der Waals surface area (Å²) in [5.41, 5.74) is 0.687. The highest BCUT2D eigenvalue weighted by atomic mass is 32.2. The van der Waals surface area contributed by atoms with E-state index < -0.39 is 0 Å². The predicted octanol–water partition coefficient (Wildman–Crippen LogP) is 3.39. The molecule has 1 aromatic carbocycles. The lowest BCUT2D eigenvalue weighted by Crippen LogP contribution is -2.14. The summed E-state index contributed by atoms with van der Waals surface area (Å²) in [6, 6.07) is 7.40. The molecule has 1 amide bonds. The predicted molar refractivity (Wildman–Crippen MR) is 88.7 cm³/mol. The SMILES string of the molecule is CCOc1ccccc1NC(=O)CSc1nc(SC)ns1. The Morgan fingerprint density at radius 1 is 1.43 bits per heavy atom. The van der Waals surface area contributed by atoms with Crippen molar-refractivity contribution in [2.75, 3.05) is 23.9 Å². The number of nitrogens with one attached hydrogen (secondary N) is 1. The van der Waals surface area contributed by atoms with Crippen molar-refractivity contribution >= 4 is 46.7 Å². The van der Waals surface area contributed by atoms with E-state index in [1.807, 2.05) is 37.4 Å². The van der Waals surface area contributed by atoms with Crippen LogP contribution in [0.2, 0.25) is 0 Å². The molecule has 0 bridgehead atoms. The van der Waals surface area contributed by atoms with Crippen molar-refractivity contribution in [2.45, 2.75) is 16.4 Å². The molecule has 1 N–H and O–H groups in total. The minimum Gasteiger partial charge on any atom is -0.492 e. The largest absolute Gasteiger partial charge is 0.492 e. The van der Waals surface area contributed by atoms with Crippen molar-refractivity contribution in [3.8, 4) is 5.75 Å². The van der Waals surface area contributed by atoms with Gasteiger partial charge in [-0.15, -0.1) is 0 Å². The summed E-state index contributed by atoms with van der Waals surface area (Å²) < 4.78 is 10.4. The molecule has 2 aromatic rings.